The molecule has 1 aliphatic rings. The van der Waals surface area contributed by atoms with Crippen molar-refractivity contribution in [2.45, 2.75) is 6.04 Å². The maximum Gasteiger partial charge on any atom is 0.190 e. The lowest BCUT2D eigenvalue weighted by molar-refractivity contribution is 0.0874. The summed E-state index contributed by atoms with van der Waals surface area (Å²) in [5.74, 6) is -0.449. The Kier molecular flexibility index (Phi) is 4.49. The van der Waals surface area contributed by atoms with Crippen LogP contribution in [0.2, 0.25) is 0 Å². The first kappa shape index (κ1) is 15.9. The van der Waals surface area contributed by atoms with Gasteiger partial charge in [-0.15, -0.1) is 0 Å². The van der Waals surface area contributed by atoms with E-state index in [-0.39, 0.29) is 11.6 Å². The zero-order chi connectivity index (χ0) is 15.9. The number of hydrazine groups is 1. The van der Waals surface area contributed by atoms with Gasteiger partial charge in [-0.2, -0.15) is 0 Å². The first-order chi connectivity index (χ1) is 10.5. The van der Waals surface area contributed by atoms with Crippen LogP contribution < -0.4 is 10.9 Å². The predicted octanol–water partition coefficient (Wildman–Crippen LogP) is 4.34. The molecule has 2 aromatic carbocycles. The number of fused-ring (bicyclic) bond motifs is 1. The number of halogens is 3. The molecule has 7 heteroatoms. The van der Waals surface area contributed by atoms with Crippen LogP contribution in [0.5, 0.6) is 0 Å². The Hall–Kier alpha value is -1.02. The SMILES string of the molecule is O=C1c2ccccc2C(=O)C1NNc1c(Br)cc(Br)cc1Br. The summed E-state index contributed by atoms with van der Waals surface area (Å²) in [5, 5.41) is 0. The minimum absolute atomic E-state index is 0.225. The molecule has 2 aromatic rings. The summed E-state index contributed by atoms with van der Waals surface area (Å²) in [7, 11) is 0. The quantitative estimate of drug-likeness (QED) is 0.498. The summed E-state index contributed by atoms with van der Waals surface area (Å²) in [6.07, 6.45) is 0. The third-order valence-electron chi connectivity index (χ3n) is 3.33. The van der Waals surface area contributed by atoms with Crippen molar-refractivity contribution in [2.24, 2.45) is 0 Å². The Bertz CT molecular complexity index is 734. The summed E-state index contributed by atoms with van der Waals surface area (Å²) in [6, 6.07) is 9.65. The molecule has 0 unspecified atom stereocenters. The molecule has 0 radical (unpaired) electrons. The van der Waals surface area contributed by atoms with E-state index in [4.69, 9.17) is 0 Å². The van der Waals surface area contributed by atoms with E-state index < -0.39 is 6.04 Å². The number of ketones is 2. The highest BCUT2D eigenvalue weighted by Crippen LogP contribution is 2.34. The van der Waals surface area contributed by atoms with Crippen LogP contribution in [0.4, 0.5) is 5.69 Å². The van der Waals surface area contributed by atoms with Crippen LogP contribution in [-0.4, -0.2) is 17.6 Å². The molecule has 0 amide bonds. The van der Waals surface area contributed by atoms with Crippen LogP contribution in [0.1, 0.15) is 20.7 Å². The average molecular weight is 489 g/mol. The van der Waals surface area contributed by atoms with Gasteiger partial charge in [-0.05, 0) is 44.0 Å². The van der Waals surface area contributed by atoms with E-state index in [1.807, 2.05) is 12.1 Å². The van der Waals surface area contributed by atoms with Crippen LogP contribution in [-0.2, 0) is 0 Å². The normalized spacial score (nSPS) is 14.3. The Morgan fingerprint density at radius 1 is 0.864 bits per heavy atom. The number of carbonyl (C=O) groups is 2. The molecular weight excluding hydrogens is 480 g/mol. The molecule has 0 aliphatic heterocycles. The van der Waals surface area contributed by atoms with Crippen molar-refractivity contribution in [3.05, 3.63) is 60.9 Å². The van der Waals surface area contributed by atoms with Crippen LogP contribution in [0.3, 0.4) is 0 Å². The minimum Gasteiger partial charge on any atom is -0.318 e. The van der Waals surface area contributed by atoms with E-state index in [1.54, 1.807) is 24.3 Å². The fourth-order valence-corrected chi connectivity index (χ4v) is 4.74. The molecule has 0 atom stereocenters. The van der Waals surface area contributed by atoms with Crippen molar-refractivity contribution < 1.29 is 9.59 Å². The van der Waals surface area contributed by atoms with Gasteiger partial charge in [-0.1, -0.05) is 40.2 Å². The van der Waals surface area contributed by atoms with E-state index in [2.05, 4.69) is 58.6 Å². The van der Waals surface area contributed by atoms with Crippen LogP contribution in [0.15, 0.2) is 49.8 Å². The lowest BCUT2D eigenvalue weighted by Crippen LogP contribution is -2.42. The Balaban J connectivity index is 1.82. The van der Waals surface area contributed by atoms with Crippen molar-refractivity contribution in [1.29, 1.82) is 0 Å². The summed E-state index contributed by atoms with van der Waals surface area (Å²) in [4.78, 5) is 24.6. The molecule has 4 nitrogen and oxygen atoms in total. The minimum atomic E-state index is -0.917. The third kappa shape index (κ3) is 2.78. The zero-order valence-electron chi connectivity index (χ0n) is 11.0. The maximum atomic E-state index is 12.3. The number of rotatable bonds is 3. The van der Waals surface area contributed by atoms with Gasteiger partial charge in [-0.3, -0.25) is 9.59 Å². The summed E-state index contributed by atoms with van der Waals surface area (Å²) >= 11 is 10.3. The third-order valence-corrected chi connectivity index (χ3v) is 5.04. The molecule has 0 spiro atoms. The van der Waals surface area contributed by atoms with Crippen molar-refractivity contribution in [1.82, 2.24) is 5.43 Å². The molecule has 3 rings (SSSR count). The molecule has 2 N–H and O–H groups in total. The summed E-state index contributed by atoms with van der Waals surface area (Å²) in [6.45, 7) is 0. The number of hydrogen-bond acceptors (Lipinski definition) is 4. The van der Waals surface area contributed by atoms with Gasteiger partial charge in [0.2, 0.25) is 0 Å². The number of hydrogen-bond donors (Lipinski definition) is 2. The molecule has 0 heterocycles. The van der Waals surface area contributed by atoms with Gasteiger partial charge in [0.1, 0.15) is 0 Å². The lowest BCUT2D eigenvalue weighted by atomic mass is 10.1. The van der Waals surface area contributed by atoms with Crippen LogP contribution in [0, 0.1) is 0 Å². The highest BCUT2D eigenvalue weighted by Gasteiger charge is 2.38. The van der Waals surface area contributed by atoms with Crippen molar-refractivity contribution in [3.63, 3.8) is 0 Å². The molecule has 0 fully saturated rings. The summed E-state index contributed by atoms with van der Waals surface area (Å²) < 4.78 is 2.48. The Labute approximate surface area is 152 Å². The zero-order valence-corrected chi connectivity index (χ0v) is 15.7. The molecule has 22 heavy (non-hydrogen) atoms. The number of carbonyl (C=O) groups excluding carboxylic acids is 2. The van der Waals surface area contributed by atoms with Crippen molar-refractivity contribution >= 4 is 65.0 Å². The number of nitrogens with one attached hydrogen (secondary N) is 2. The standard InChI is InChI=1S/C15H9Br3N2O2/c16-7-5-10(17)12(11(18)6-7)19-20-13-14(21)8-3-1-2-4-9(8)15(13)22/h1-6,13,19-20H. The van der Waals surface area contributed by atoms with Crippen LogP contribution in [0.25, 0.3) is 0 Å². The van der Waals surface area contributed by atoms with E-state index in [0.29, 0.717) is 16.8 Å². The average Bonchev–Trinajstić information content (AvgIpc) is 2.71. The number of anilines is 1. The van der Waals surface area contributed by atoms with Gasteiger partial charge in [-0.25, -0.2) is 5.43 Å². The fourth-order valence-electron chi connectivity index (χ4n) is 2.28. The molecule has 0 bridgehead atoms. The molecule has 112 valence electrons. The van der Waals surface area contributed by atoms with E-state index >= 15 is 0 Å². The lowest BCUT2D eigenvalue weighted by Gasteiger charge is -2.15. The van der Waals surface area contributed by atoms with Crippen LogP contribution >= 0.6 is 47.8 Å². The summed E-state index contributed by atoms with van der Waals surface area (Å²) in [5.41, 5.74) is 7.39. The Morgan fingerprint density at radius 3 is 1.86 bits per heavy atom. The highest BCUT2D eigenvalue weighted by molar-refractivity contribution is 9.11. The second kappa shape index (κ2) is 6.23. The van der Waals surface area contributed by atoms with Gasteiger partial charge in [0.05, 0.1) is 5.69 Å². The van der Waals surface area contributed by atoms with E-state index in [9.17, 15) is 9.59 Å². The number of benzene rings is 2. The number of Topliss-reactive ketones (excluding diaryl/α,β-unsaturated/α-hetero) is 2. The van der Waals surface area contributed by atoms with Crippen molar-refractivity contribution in [3.8, 4) is 0 Å². The smallest absolute Gasteiger partial charge is 0.190 e. The molecule has 1 aliphatic carbocycles. The fraction of sp³-hybridized carbons (Fsp3) is 0.0667. The maximum absolute atomic E-state index is 12.3. The largest absolute Gasteiger partial charge is 0.318 e. The molecule has 0 saturated carbocycles. The van der Waals surface area contributed by atoms with Gasteiger partial charge in [0.25, 0.3) is 0 Å². The second-order valence-electron chi connectivity index (χ2n) is 4.72. The van der Waals surface area contributed by atoms with Gasteiger partial charge in [0.15, 0.2) is 17.6 Å². The highest BCUT2D eigenvalue weighted by atomic mass is 79.9. The predicted molar refractivity (Wildman–Crippen MR) is 95.2 cm³/mol. The van der Waals surface area contributed by atoms with Gasteiger partial charge >= 0.3 is 0 Å². The second-order valence-corrected chi connectivity index (χ2v) is 7.35. The molecule has 0 saturated heterocycles. The monoisotopic (exact) mass is 486 g/mol. The first-order valence-corrected chi connectivity index (χ1v) is 8.70. The van der Waals surface area contributed by atoms with Gasteiger partial charge < -0.3 is 5.43 Å². The van der Waals surface area contributed by atoms with Crippen molar-refractivity contribution in [2.75, 3.05) is 5.43 Å². The van der Waals surface area contributed by atoms with E-state index in [0.717, 1.165) is 13.4 Å². The molecule has 0 aromatic heterocycles. The Morgan fingerprint density at radius 2 is 1.36 bits per heavy atom. The van der Waals surface area contributed by atoms with E-state index in [1.165, 1.54) is 0 Å². The molecular formula is C15H9Br3N2O2. The van der Waals surface area contributed by atoms with Gasteiger partial charge in [0, 0.05) is 24.5 Å². The first-order valence-electron chi connectivity index (χ1n) is 6.32. The topological polar surface area (TPSA) is 58.2 Å².